The summed E-state index contributed by atoms with van der Waals surface area (Å²) in [7, 11) is 0. The van der Waals surface area contributed by atoms with Crippen LogP contribution >= 0.6 is 11.6 Å². The predicted molar refractivity (Wildman–Crippen MR) is 122 cm³/mol. The van der Waals surface area contributed by atoms with Crippen LogP contribution in [-0.4, -0.2) is 30.8 Å². The number of piperidine rings is 1. The fourth-order valence-electron chi connectivity index (χ4n) is 4.63. The molecule has 0 unspecified atom stereocenters. The second-order valence-corrected chi connectivity index (χ2v) is 9.17. The highest BCUT2D eigenvalue weighted by molar-refractivity contribution is 6.30. The van der Waals surface area contributed by atoms with Crippen molar-refractivity contribution in [2.75, 3.05) is 29.9 Å². The van der Waals surface area contributed by atoms with Gasteiger partial charge in [-0.3, -0.25) is 0 Å². The van der Waals surface area contributed by atoms with Gasteiger partial charge in [-0.1, -0.05) is 23.7 Å². The van der Waals surface area contributed by atoms with Crippen LogP contribution in [0, 0.1) is 5.92 Å². The summed E-state index contributed by atoms with van der Waals surface area (Å²) >= 11 is 5.98. The second kappa shape index (κ2) is 8.95. The smallest absolute Gasteiger partial charge is 0.0930 e. The van der Waals surface area contributed by atoms with Crippen LogP contribution in [-0.2, 0) is 5.60 Å². The third kappa shape index (κ3) is 5.06. The average Bonchev–Trinajstić information content (AvgIpc) is 2.75. The molecule has 0 spiro atoms. The Morgan fingerprint density at radius 1 is 0.966 bits per heavy atom. The van der Waals surface area contributed by atoms with Crippen molar-refractivity contribution in [2.45, 2.75) is 50.2 Å². The minimum Gasteiger partial charge on any atom is -0.385 e. The molecule has 0 bridgehead atoms. The zero-order chi connectivity index (χ0) is 20.3. The molecule has 0 atom stereocenters. The second-order valence-electron chi connectivity index (χ2n) is 8.73. The lowest BCUT2D eigenvalue weighted by molar-refractivity contribution is 0.0118. The Morgan fingerprint density at radius 2 is 1.59 bits per heavy atom. The van der Waals surface area contributed by atoms with Crippen molar-refractivity contribution >= 4 is 23.0 Å². The van der Waals surface area contributed by atoms with Gasteiger partial charge in [0.05, 0.1) is 5.60 Å². The van der Waals surface area contributed by atoms with Crippen LogP contribution in [0.1, 0.15) is 44.1 Å². The van der Waals surface area contributed by atoms with E-state index in [2.05, 4.69) is 34.5 Å². The highest BCUT2D eigenvalue weighted by Gasteiger charge is 2.34. The first kappa shape index (κ1) is 20.5. The van der Waals surface area contributed by atoms with Crippen molar-refractivity contribution in [2.24, 2.45) is 11.7 Å². The van der Waals surface area contributed by atoms with Gasteiger partial charge in [-0.2, -0.15) is 0 Å². The quantitative estimate of drug-likeness (QED) is 0.661. The van der Waals surface area contributed by atoms with Gasteiger partial charge in [-0.15, -0.1) is 0 Å². The van der Waals surface area contributed by atoms with E-state index in [-0.39, 0.29) is 0 Å². The van der Waals surface area contributed by atoms with Gasteiger partial charge >= 0.3 is 0 Å². The summed E-state index contributed by atoms with van der Waals surface area (Å²) in [5.41, 5.74) is 8.60. The molecule has 29 heavy (non-hydrogen) atoms. The van der Waals surface area contributed by atoms with E-state index in [4.69, 9.17) is 17.3 Å². The van der Waals surface area contributed by atoms with E-state index >= 15 is 0 Å². The lowest BCUT2D eigenvalue weighted by Gasteiger charge is -2.39. The Hall–Kier alpha value is -1.75. The van der Waals surface area contributed by atoms with E-state index in [0.29, 0.717) is 11.1 Å². The first-order valence-corrected chi connectivity index (χ1v) is 11.2. The zero-order valence-corrected chi connectivity index (χ0v) is 17.7. The molecule has 1 saturated carbocycles. The molecule has 2 aliphatic rings. The molecule has 156 valence electrons. The number of nitrogens with two attached hydrogens (primary N) is 1. The minimum atomic E-state index is -0.759. The fourth-order valence-corrected chi connectivity index (χ4v) is 4.75. The van der Waals surface area contributed by atoms with Gasteiger partial charge in [0, 0.05) is 42.1 Å². The minimum absolute atomic E-state index is 0.410. The molecular formula is C24H32ClN3O. The maximum atomic E-state index is 11.1. The summed E-state index contributed by atoms with van der Waals surface area (Å²) in [5, 5.41) is 15.4. The van der Waals surface area contributed by atoms with Crippen LogP contribution in [0.3, 0.4) is 0 Å². The van der Waals surface area contributed by atoms with E-state index in [9.17, 15) is 5.11 Å². The van der Waals surface area contributed by atoms with Crippen LogP contribution in [0.2, 0.25) is 5.02 Å². The topological polar surface area (TPSA) is 61.5 Å². The van der Waals surface area contributed by atoms with Crippen LogP contribution in [0.4, 0.5) is 11.4 Å². The summed E-state index contributed by atoms with van der Waals surface area (Å²) in [4.78, 5) is 2.36. The number of benzene rings is 2. The molecule has 5 heteroatoms. The summed E-state index contributed by atoms with van der Waals surface area (Å²) in [6.45, 7) is 2.71. The lowest BCUT2D eigenvalue weighted by Crippen LogP contribution is -2.42. The van der Waals surface area contributed by atoms with E-state index in [1.54, 1.807) is 0 Å². The number of aliphatic hydroxyl groups is 1. The fraction of sp³-hybridized carbons (Fsp3) is 0.500. The number of rotatable bonds is 5. The van der Waals surface area contributed by atoms with E-state index < -0.39 is 5.60 Å². The van der Waals surface area contributed by atoms with E-state index in [0.717, 1.165) is 56.8 Å². The van der Waals surface area contributed by atoms with Gasteiger partial charge in [0.25, 0.3) is 0 Å². The summed E-state index contributed by atoms with van der Waals surface area (Å²) in [6.07, 6.45) is 6.22. The molecule has 4 rings (SSSR count). The Labute approximate surface area is 179 Å². The number of anilines is 2. The first-order valence-electron chi connectivity index (χ1n) is 10.8. The van der Waals surface area contributed by atoms with Crippen molar-refractivity contribution in [1.29, 1.82) is 0 Å². The number of nitrogens with zero attached hydrogens (tertiary/aromatic N) is 1. The highest BCUT2D eigenvalue weighted by Crippen LogP contribution is 2.35. The maximum absolute atomic E-state index is 11.1. The molecule has 2 aromatic rings. The molecular weight excluding hydrogens is 382 g/mol. The molecule has 1 aliphatic carbocycles. The Morgan fingerprint density at radius 3 is 2.21 bits per heavy atom. The molecule has 0 radical (unpaired) electrons. The molecule has 4 N–H and O–H groups in total. The molecule has 1 aliphatic heterocycles. The monoisotopic (exact) mass is 413 g/mol. The third-order valence-corrected chi connectivity index (χ3v) is 6.94. The van der Waals surface area contributed by atoms with Gasteiger partial charge in [0.2, 0.25) is 0 Å². The van der Waals surface area contributed by atoms with Crippen molar-refractivity contribution < 1.29 is 5.11 Å². The summed E-state index contributed by atoms with van der Waals surface area (Å²) in [5.74, 6) is 0.738. The van der Waals surface area contributed by atoms with Crippen molar-refractivity contribution in [3.05, 3.63) is 59.1 Å². The molecule has 1 heterocycles. The van der Waals surface area contributed by atoms with Gasteiger partial charge in [-0.25, -0.2) is 0 Å². The summed E-state index contributed by atoms with van der Waals surface area (Å²) < 4.78 is 0. The molecule has 2 aromatic carbocycles. The lowest BCUT2D eigenvalue weighted by atomic mass is 9.84. The average molecular weight is 414 g/mol. The van der Waals surface area contributed by atoms with Crippen LogP contribution in [0.25, 0.3) is 0 Å². The molecule has 0 amide bonds. The third-order valence-electron chi connectivity index (χ3n) is 6.69. The van der Waals surface area contributed by atoms with Gasteiger partial charge < -0.3 is 21.1 Å². The van der Waals surface area contributed by atoms with Gasteiger partial charge in [0.15, 0.2) is 0 Å². The van der Waals surface area contributed by atoms with Crippen LogP contribution in [0.5, 0.6) is 0 Å². The Bertz CT molecular complexity index is 777. The van der Waals surface area contributed by atoms with Crippen molar-refractivity contribution in [3.63, 3.8) is 0 Å². The molecule has 2 fully saturated rings. The van der Waals surface area contributed by atoms with Crippen LogP contribution in [0.15, 0.2) is 48.5 Å². The van der Waals surface area contributed by atoms with Crippen molar-refractivity contribution in [1.82, 2.24) is 0 Å². The summed E-state index contributed by atoms with van der Waals surface area (Å²) in [6, 6.07) is 16.7. The number of hydrogen-bond acceptors (Lipinski definition) is 4. The normalized spacial score (nSPS) is 24.3. The predicted octanol–water partition coefficient (Wildman–Crippen LogP) is 4.76. The molecule has 1 saturated heterocycles. The Balaban J connectivity index is 1.29. The standard InChI is InChI=1S/C24H32ClN3O/c25-20-5-3-19(4-6-20)24(29)13-15-28(16-14-24)23-11-9-22(10-12-23)27-17-18-1-7-21(26)8-2-18/h3-6,9-12,18,21,27,29H,1-2,7-8,13-17,26H2/t18-,21-. The van der Waals surface area contributed by atoms with Crippen LogP contribution < -0.4 is 16.0 Å². The molecule has 0 aromatic heterocycles. The number of halogens is 1. The SMILES string of the molecule is N[C@H]1CC[C@H](CNc2ccc(N3CCC(O)(c4ccc(Cl)cc4)CC3)cc2)CC1. The van der Waals surface area contributed by atoms with Crippen molar-refractivity contribution in [3.8, 4) is 0 Å². The number of hydrogen-bond donors (Lipinski definition) is 3. The Kier molecular flexibility index (Phi) is 6.33. The zero-order valence-electron chi connectivity index (χ0n) is 17.0. The van der Waals surface area contributed by atoms with Gasteiger partial charge in [-0.05, 0) is 86.4 Å². The maximum Gasteiger partial charge on any atom is 0.0930 e. The van der Waals surface area contributed by atoms with E-state index in [1.807, 2.05) is 24.3 Å². The van der Waals surface area contributed by atoms with E-state index in [1.165, 1.54) is 24.2 Å². The van der Waals surface area contributed by atoms with Gasteiger partial charge in [0.1, 0.15) is 0 Å². The first-order chi connectivity index (χ1) is 14.0. The molecule has 4 nitrogen and oxygen atoms in total. The largest absolute Gasteiger partial charge is 0.385 e. The highest BCUT2D eigenvalue weighted by atomic mass is 35.5. The number of nitrogens with one attached hydrogen (secondary N) is 1.